The summed E-state index contributed by atoms with van der Waals surface area (Å²) in [5.74, 6) is 6.08. The summed E-state index contributed by atoms with van der Waals surface area (Å²) in [6, 6.07) is 64.7. The quantitative estimate of drug-likeness (QED) is 0.135. The van der Waals surface area contributed by atoms with E-state index in [-0.39, 0.29) is 5.41 Å². The van der Waals surface area contributed by atoms with Crippen molar-refractivity contribution >= 4 is 197 Å². The molecule has 21 heteroatoms. The van der Waals surface area contributed by atoms with Gasteiger partial charge in [0.1, 0.15) is 46.1 Å². The fraction of sp³-hybridized carbons (Fsp3) is 0.207. The van der Waals surface area contributed by atoms with E-state index in [1.54, 1.807) is 13.3 Å². The van der Waals surface area contributed by atoms with Crippen LogP contribution in [0.2, 0.25) is 65.5 Å². The van der Waals surface area contributed by atoms with Gasteiger partial charge in [-0.1, -0.05) is 240 Å². The number of methoxy groups -OCH3 is 1. The highest BCUT2D eigenvalue weighted by Crippen LogP contribution is 2.42. The first-order chi connectivity index (χ1) is 51.6. The molecule has 0 amide bonds. The van der Waals surface area contributed by atoms with Crippen molar-refractivity contribution in [2.24, 2.45) is 0 Å². The number of ether oxygens (including phenoxy) is 1. The third kappa shape index (κ3) is 13.3. The summed E-state index contributed by atoms with van der Waals surface area (Å²) < 4.78 is 33.4. The molecule has 13 aromatic rings. The van der Waals surface area contributed by atoms with E-state index in [1.165, 1.54) is 207 Å². The molecule has 0 unspecified atom stereocenters. The molecular formula is C87H89Al5N5O6Si5. The van der Waals surface area contributed by atoms with Gasteiger partial charge in [-0.2, -0.15) is 0 Å². The molecule has 18 rings (SSSR count). The summed E-state index contributed by atoms with van der Waals surface area (Å²) in [4.78, 5) is 23.9. The number of rotatable bonds is 8. The Balaban J connectivity index is 0.000000113. The third-order valence-electron chi connectivity index (χ3n) is 23.0. The molecule has 0 saturated heterocycles. The summed E-state index contributed by atoms with van der Waals surface area (Å²) in [7, 11) is -6.92. The van der Waals surface area contributed by atoms with Crippen LogP contribution in [0, 0.1) is 0 Å². The van der Waals surface area contributed by atoms with E-state index in [2.05, 4.69) is 257 Å². The van der Waals surface area contributed by atoms with Gasteiger partial charge in [0.05, 0.1) is 70.5 Å². The lowest BCUT2D eigenvalue weighted by molar-refractivity contribution is 0.413. The Bertz CT molecular complexity index is 5720. The number of hydrogen-bond donors (Lipinski definition) is 0. The SMILES string of the molecule is CC(C)(C)c1ccc2c3c(ncc2c1)-c1c([O][AlH])cccc1[Si]3(C)C.CC(C)c1cnc2c(c1)[Si](C)(C)c1cccc([O][AlH])c1-2.COc1cnc2c(c1)[Si](C)(C)c1cccc([O][AlH])c1-2.C[Si]1(C)c2cc(-c3ccccc3)cnc2-c2c([O][AlH])cccc21.C[Si]1(C)c2cccc([O][AlH])c2-c2ncc3ccccc3c21. The van der Waals surface area contributed by atoms with Gasteiger partial charge in [-0.05, 0) is 144 Å². The van der Waals surface area contributed by atoms with Crippen molar-refractivity contribution in [3.05, 3.63) is 224 Å². The Labute approximate surface area is 683 Å². The van der Waals surface area contributed by atoms with Crippen LogP contribution in [-0.2, 0) is 5.41 Å². The Kier molecular flexibility index (Phi) is 21.5. The van der Waals surface area contributed by atoms with Gasteiger partial charge in [-0.3, -0.25) is 24.9 Å². The summed E-state index contributed by atoms with van der Waals surface area (Å²) in [6.07, 6.45) is 9.83. The maximum atomic E-state index is 5.69. The smallest absolute Gasteiger partial charge is 0.494 e. The van der Waals surface area contributed by atoms with Crippen molar-refractivity contribution in [3.63, 3.8) is 0 Å². The molecule has 533 valence electrons. The first-order valence-electron chi connectivity index (χ1n) is 36.8. The Hall–Kier alpha value is -7.42. The maximum Gasteiger partial charge on any atom is 0.494 e. The molecule has 0 spiro atoms. The lowest BCUT2D eigenvalue weighted by atomic mass is 9.86. The second-order valence-corrected chi connectivity index (χ2v) is 55.4. The Morgan fingerprint density at radius 1 is 0.324 bits per heavy atom. The second kappa shape index (κ2) is 30.0. The fourth-order valence-electron chi connectivity index (χ4n) is 16.9. The van der Waals surface area contributed by atoms with Crippen molar-refractivity contribution in [1.29, 1.82) is 0 Å². The molecule has 0 atom stereocenters. The van der Waals surface area contributed by atoms with E-state index in [1.807, 2.05) is 55.1 Å². The molecule has 0 N–H and O–H groups in total. The van der Waals surface area contributed by atoms with E-state index in [4.69, 9.17) is 43.6 Å². The van der Waals surface area contributed by atoms with Crippen LogP contribution in [0.25, 0.3) is 89.0 Å². The van der Waals surface area contributed by atoms with Crippen LogP contribution in [0.4, 0.5) is 0 Å². The lowest BCUT2D eigenvalue weighted by Gasteiger charge is -2.22. The molecule has 108 heavy (non-hydrogen) atoms. The first-order valence-corrected chi connectivity index (χ1v) is 54.7. The van der Waals surface area contributed by atoms with Crippen LogP contribution in [-0.4, -0.2) is 156 Å². The molecule has 10 heterocycles. The lowest BCUT2D eigenvalue weighted by Crippen LogP contribution is -2.49. The summed E-state index contributed by atoms with van der Waals surface area (Å²) >= 11 is 7.64. The molecule has 0 bridgehead atoms. The maximum absolute atomic E-state index is 5.69. The van der Waals surface area contributed by atoms with Gasteiger partial charge < -0.3 is 23.7 Å². The minimum absolute atomic E-state index is 0.146. The average Bonchev–Trinajstić information content (AvgIpc) is 1.60. The largest absolute Gasteiger partial charge is 0.650 e. The number of pyridine rings is 5. The number of fused-ring (bicyclic) bond motifs is 19. The van der Waals surface area contributed by atoms with E-state index in [0.717, 1.165) is 63.0 Å². The minimum Gasteiger partial charge on any atom is -0.650 e. The first kappa shape index (κ1) is 77.3. The summed E-state index contributed by atoms with van der Waals surface area (Å²) in [5, 5.41) is 19.4. The summed E-state index contributed by atoms with van der Waals surface area (Å²) in [6.45, 7) is 35.2. The van der Waals surface area contributed by atoms with Gasteiger partial charge in [0.25, 0.3) is 0 Å². The van der Waals surface area contributed by atoms with Crippen molar-refractivity contribution < 1.29 is 23.7 Å². The monoisotopic (exact) mass is 1570 g/mol. The predicted octanol–water partition coefficient (Wildman–Crippen LogP) is 11.8. The highest BCUT2D eigenvalue weighted by Gasteiger charge is 2.46. The van der Waals surface area contributed by atoms with E-state index in [0.29, 0.717) is 5.92 Å². The molecule has 0 saturated carbocycles. The van der Waals surface area contributed by atoms with Crippen LogP contribution in [0.1, 0.15) is 51.7 Å². The summed E-state index contributed by atoms with van der Waals surface area (Å²) in [5.41, 5.74) is 16.8. The number of benzene rings is 8. The van der Waals surface area contributed by atoms with Gasteiger partial charge in [0.2, 0.25) is 0 Å². The highest BCUT2D eigenvalue weighted by molar-refractivity contribution is 7.07. The van der Waals surface area contributed by atoms with Crippen LogP contribution in [0.5, 0.6) is 34.5 Å². The topological polar surface area (TPSA) is 120 Å². The molecule has 11 nitrogen and oxygen atoms in total. The zero-order valence-corrected chi connectivity index (χ0v) is 77.1. The zero-order valence-electron chi connectivity index (χ0n) is 65.0. The molecule has 5 aromatic heterocycles. The van der Waals surface area contributed by atoms with Crippen molar-refractivity contribution in [1.82, 2.24) is 24.9 Å². The van der Waals surface area contributed by atoms with Crippen molar-refractivity contribution in [2.75, 3.05) is 7.11 Å². The van der Waals surface area contributed by atoms with Crippen LogP contribution < -0.4 is 75.5 Å². The van der Waals surface area contributed by atoms with Gasteiger partial charge in [-0.25, -0.2) is 0 Å². The molecule has 5 aliphatic heterocycles. The van der Waals surface area contributed by atoms with E-state index >= 15 is 0 Å². The minimum atomic E-state index is -1.80. The van der Waals surface area contributed by atoms with Crippen LogP contribution >= 0.6 is 0 Å². The Morgan fingerprint density at radius 2 is 0.694 bits per heavy atom. The molecular weight excluding hydrogens is 1490 g/mol. The van der Waals surface area contributed by atoms with Gasteiger partial charge >= 0.3 is 83.1 Å². The van der Waals surface area contributed by atoms with Gasteiger partial charge in [-0.15, -0.1) is 0 Å². The van der Waals surface area contributed by atoms with Crippen molar-refractivity contribution in [3.8, 4) is 102 Å². The number of hydrogen-bond acceptors (Lipinski definition) is 11. The van der Waals surface area contributed by atoms with Gasteiger partial charge in [0, 0.05) is 58.0 Å². The Morgan fingerprint density at radius 3 is 1.13 bits per heavy atom. The molecule has 5 radical (unpaired) electrons. The van der Waals surface area contributed by atoms with Crippen molar-refractivity contribution in [2.45, 2.75) is 111 Å². The predicted molar refractivity (Wildman–Crippen MR) is 471 cm³/mol. The normalized spacial score (nSPS) is 14.8. The number of aromatic nitrogens is 5. The highest BCUT2D eigenvalue weighted by atomic mass is 28.3. The second-order valence-electron chi connectivity index (χ2n) is 32.4. The third-order valence-corrected chi connectivity index (χ3v) is 42.0. The molecule has 0 aliphatic carbocycles. The van der Waals surface area contributed by atoms with Crippen LogP contribution in [0.3, 0.4) is 0 Å². The zero-order chi connectivity index (χ0) is 76.7. The fourth-order valence-corrected chi connectivity index (χ4v) is 33.7. The van der Waals surface area contributed by atoms with Gasteiger partial charge in [0.15, 0.2) is 0 Å². The van der Waals surface area contributed by atoms with E-state index in [9.17, 15) is 0 Å². The number of nitrogens with zero attached hydrogens (tertiary/aromatic N) is 5. The molecule has 8 aromatic carbocycles. The standard InChI is InChI=1S/C21H23NOSi.C19H17NOSi.C17H15NOSi.C16H19NOSi.C14H15NO2Si.5Al.5H/c1-21(2,3)14-9-10-15-13(11-14)12-22-19-18-16(23)7-6-8-17(18)24(4,5)20(15)19;1-22(2)16-10-6-9-15(21)18(16)19-17(22)11-14(12-20-19)13-7-4-3-5-8-13;1-20(2)14-9-5-8-13(19)15(14)16-17(20)12-7-4-3-6-11(12)10-18-16;1-10(2)11-8-14-16(17-9-11)15-12(18)6-5-7-13(15)19(14,3)4;1-17-9-7-12-14(15-8-9)13-10(16)5-4-6-11(13)18(12,2)3;;;;;;;;;;/h6-12,23H,1-5H3;3-12,21H,1-2H3;3-10,19H,1-2H3;5-10,18H,1-4H3;4-8,16H,1-3H3;;;;;;;;;;/q;;;;;5*+1;;;;;/p-5. The average molecular weight is 1580 g/mol. The van der Waals surface area contributed by atoms with E-state index < -0.39 is 40.4 Å². The van der Waals surface area contributed by atoms with Crippen LogP contribution in [0.15, 0.2) is 213 Å². The molecule has 5 aliphatic rings. The molecule has 0 fully saturated rings.